The lowest BCUT2D eigenvalue weighted by molar-refractivity contribution is -0.150. The van der Waals surface area contributed by atoms with Gasteiger partial charge >= 0.3 is 6.18 Å². The smallest absolute Gasteiger partial charge is 0.416 e. The van der Waals surface area contributed by atoms with E-state index in [0.717, 1.165) is 23.3 Å². The first-order valence-corrected chi connectivity index (χ1v) is 9.38. The summed E-state index contributed by atoms with van der Waals surface area (Å²) in [5.74, 6) is -0.711. The molecular formula is C22H22F3NO4. The number of hydrogen-bond acceptors (Lipinski definition) is 4. The van der Waals surface area contributed by atoms with Crippen LogP contribution in [0.3, 0.4) is 0 Å². The van der Waals surface area contributed by atoms with Gasteiger partial charge in [0.25, 0.3) is 5.91 Å². The Hall–Kier alpha value is -2.84. The fourth-order valence-corrected chi connectivity index (χ4v) is 3.12. The van der Waals surface area contributed by atoms with Crippen LogP contribution in [0.15, 0.2) is 60.4 Å². The highest BCUT2D eigenvalue weighted by Gasteiger charge is 2.32. The highest BCUT2D eigenvalue weighted by Crippen LogP contribution is 2.34. The van der Waals surface area contributed by atoms with E-state index in [1.807, 2.05) is 12.1 Å². The van der Waals surface area contributed by atoms with Crippen molar-refractivity contribution in [3.05, 3.63) is 82.6 Å². The summed E-state index contributed by atoms with van der Waals surface area (Å²) in [5.41, 5.74) is 1.54. The van der Waals surface area contributed by atoms with Gasteiger partial charge in [0.1, 0.15) is 0 Å². The number of benzene rings is 2. The van der Waals surface area contributed by atoms with Crippen molar-refractivity contribution in [2.24, 2.45) is 0 Å². The number of likely N-dealkylation sites (N-methyl/N-ethyl adjacent to an activating group) is 1. The van der Waals surface area contributed by atoms with Crippen molar-refractivity contribution in [2.45, 2.75) is 38.0 Å². The summed E-state index contributed by atoms with van der Waals surface area (Å²) in [4.78, 5) is 12.1. The maximum atomic E-state index is 12.8. The molecule has 1 aliphatic heterocycles. The Morgan fingerprint density at radius 3 is 2.33 bits per heavy atom. The first kappa shape index (κ1) is 21.9. The quantitative estimate of drug-likeness (QED) is 0.743. The predicted octanol–water partition coefficient (Wildman–Crippen LogP) is 3.87. The number of allylic oxidation sites excluding steroid dienone is 1. The highest BCUT2D eigenvalue weighted by atomic mass is 19.4. The van der Waals surface area contributed by atoms with Crippen LogP contribution in [0.5, 0.6) is 0 Å². The zero-order valence-corrected chi connectivity index (χ0v) is 16.3. The van der Waals surface area contributed by atoms with Crippen LogP contribution in [0.4, 0.5) is 13.2 Å². The van der Waals surface area contributed by atoms with Gasteiger partial charge in [0.05, 0.1) is 18.8 Å². The molecule has 2 atom stereocenters. The molecule has 0 saturated carbocycles. The second-order valence-electron chi connectivity index (χ2n) is 6.91. The molecule has 160 valence electrons. The summed E-state index contributed by atoms with van der Waals surface area (Å²) in [5, 5.41) is 11.6. The molecule has 1 aliphatic rings. The molecule has 0 aromatic heterocycles. The van der Waals surface area contributed by atoms with Crippen LogP contribution >= 0.6 is 0 Å². The van der Waals surface area contributed by atoms with Gasteiger partial charge in [-0.2, -0.15) is 13.2 Å². The monoisotopic (exact) mass is 421 g/mol. The lowest BCUT2D eigenvalue weighted by atomic mass is 9.92. The Kier molecular flexibility index (Phi) is 6.79. The molecule has 1 amide bonds. The minimum Gasteiger partial charge on any atom is -0.459 e. The summed E-state index contributed by atoms with van der Waals surface area (Å²) in [6, 6.07) is 12.0. The van der Waals surface area contributed by atoms with E-state index in [-0.39, 0.29) is 24.9 Å². The van der Waals surface area contributed by atoms with E-state index >= 15 is 0 Å². The standard InChI is InChI=1S/C22H22F3NO4/c1-26-21(28)19-10-17(16-6-8-18(9-7-16)22(23,24)25)11-20(30-19)29-13-15-4-2-14(12-27)3-5-15/h2-10,17,20,27H,11-13H2,1H3,(H,26,28)/t17-,20+/m1/s1. The van der Waals surface area contributed by atoms with Crippen molar-refractivity contribution < 1.29 is 32.5 Å². The summed E-state index contributed by atoms with van der Waals surface area (Å²) in [6.07, 6.45) is -3.21. The molecule has 2 N–H and O–H groups in total. The lowest BCUT2D eigenvalue weighted by Crippen LogP contribution is -2.31. The molecule has 0 spiro atoms. The molecule has 1 heterocycles. The molecule has 3 rings (SSSR count). The van der Waals surface area contributed by atoms with Gasteiger partial charge < -0.3 is 19.9 Å². The fourth-order valence-electron chi connectivity index (χ4n) is 3.12. The normalized spacial score (nSPS) is 19.0. The molecule has 30 heavy (non-hydrogen) atoms. The third-order valence-corrected chi connectivity index (χ3v) is 4.82. The largest absolute Gasteiger partial charge is 0.459 e. The van der Waals surface area contributed by atoms with E-state index in [1.165, 1.54) is 19.2 Å². The second-order valence-corrected chi connectivity index (χ2v) is 6.91. The highest BCUT2D eigenvalue weighted by molar-refractivity contribution is 5.91. The number of ether oxygens (including phenoxy) is 2. The van der Waals surface area contributed by atoms with Gasteiger partial charge in [0, 0.05) is 19.4 Å². The molecule has 0 aliphatic carbocycles. The van der Waals surface area contributed by atoms with E-state index in [0.29, 0.717) is 12.0 Å². The Balaban J connectivity index is 1.74. The number of amides is 1. The van der Waals surface area contributed by atoms with Gasteiger partial charge in [0.2, 0.25) is 6.29 Å². The molecule has 2 aromatic rings. The predicted molar refractivity (Wildman–Crippen MR) is 103 cm³/mol. The number of aliphatic hydroxyl groups is 1. The van der Waals surface area contributed by atoms with E-state index in [2.05, 4.69) is 5.32 Å². The Morgan fingerprint density at radius 2 is 1.77 bits per heavy atom. The van der Waals surface area contributed by atoms with E-state index in [1.54, 1.807) is 18.2 Å². The molecule has 5 nitrogen and oxygen atoms in total. The summed E-state index contributed by atoms with van der Waals surface area (Å²) in [7, 11) is 1.47. The van der Waals surface area contributed by atoms with Crippen LogP contribution in [0, 0.1) is 0 Å². The number of aliphatic hydroxyl groups excluding tert-OH is 1. The minimum absolute atomic E-state index is 0.0536. The summed E-state index contributed by atoms with van der Waals surface area (Å²) in [6.45, 7) is 0.166. The minimum atomic E-state index is -4.41. The van der Waals surface area contributed by atoms with Gasteiger partial charge in [-0.1, -0.05) is 36.4 Å². The molecule has 0 bridgehead atoms. The van der Waals surface area contributed by atoms with Crippen LogP contribution in [0.1, 0.15) is 34.6 Å². The maximum Gasteiger partial charge on any atom is 0.416 e. The van der Waals surface area contributed by atoms with E-state index < -0.39 is 23.9 Å². The molecular weight excluding hydrogens is 399 g/mol. The number of hydrogen-bond donors (Lipinski definition) is 2. The van der Waals surface area contributed by atoms with Crippen LogP contribution in [-0.2, 0) is 33.7 Å². The van der Waals surface area contributed by atoms with Crippen molar-refractivity contribution in [1.29, 1.82) is 0 Å². The fraction of sp³-hybridized carbons (Fsp3) is 0.318. The lowest BCUT2D eigenvalue weighted by Gasteiger charge is -2.29. The van der Waals surface area contributed by atoms with Crippen molar-refractivity contribution in [2.75, 3.05) is 7.05 Å². The first-order valence-electron chi connectivity index (χ1n) is 9.38. The van der Waals surface area contributed by atoms with E-state index in [9.17, 15) is 18.0 Å². The molecule has 0 unspecified atom stereocenters. The van der Waals surface area contributed by atoms with E-state index in [4.69, 9.17) is 14.6 Å². The molecule has 0 radical (unpaired) electrons. The second kappa shape index (κ2) is 9.32. The van der Waals surface area contributed by atoms with Gasteiger partial charge in [-0.05, 0) is 34.9 Å². The summed E-state index contributed by atoms with van der Waals surface area (Å²) < 4.78 is 49.9. The van der Waals surface area contributed by atoms with Gasteiger partial charge in [-0.3, -0.25) is 4.79 Å². The number of alkyl halides is 3. The third kappa shape index (κ3) is 5.40. The molecule has 2 aromatic carbocycles. The zero-order chi connectivity index (χ0) is 21.7. The molecule has 0 fully saturated rings. The van der Waals surface area contributed by atoms with Crippen molar-refractivity contribution >= 4 is 5.91 Å². The maximum absolute atomic E-state index is 12.8. The van der Waals surface area contributed by atoms with Crippen LogP contribution < -0.4 is 5.32 Å². The Bertz CT molecular complexity index is 892. The van der Waals surface area contributed by atoms with Crippen molar-refractivity contribution in [1.82, 2.24) is 5.32 Å². The van der Waals surface area contributed by atoms with Gasteiger partial charge in [-0.15, -0.1) is 0 Å². The first-order chi connectivity index (χ1) is 14.3. The van der Waals surface area contributed by atoms with Gasteiger partial charge in [-0.25, -0.2) is 0 Å². The zero-order valence-electron chi connectivity index (χ0n) is 16.3. The van der Waals surface area contributed by atoms with Crippen LogP contribution in [-0.4, -0.2) is 24.4 Å². The Labute approximate surface area is 172 Å². The molecule has 0 saturated heterocycles. The van der Waals surface area contributed by atoms with Crippen LogP contribution in [0.25, 0.3) is 0 Å². The summed E-state index contributed by atoms with van der Waals surface area (Å²) >= 11 is 0. The SMILES string of the molecule is CNC(=O)C1=C[C@@H](c2ccc(C(F)(F)F)cc2)C[C@@H](OCc2ccc(CO)cc2)O1. The number of carbonyl (C=O) groups is 1. The number of halogens is 3. The molecule has 8 heteroatoms. The number of rotatable bonds is 6. The number of carbonyl (C=O) groups excluding carboxylic acids is 1. The topological polar surface area (TPSA) is 67.8 Å². The van der Waals surface area contributed by atoms with Gasteiger partial charge in [0.15, 0.2) is 5.76 Å². The number of nitrogens with one attached hydrogen (secondary N) is 1. The van der Waals surface area contributed by atoms with Crippen molar-refractivity contribution in [3.63, 3.8) is 0 Å². The average molecular weight is 421 g/mol. The third-order valence-electron chi connectivity index (χ3n) is 4.82. The van der Waals surface area contributed by atoms with Crippen molar-refractivity contribution in [3.8, 4) is 0 Å². The Morgan fingerprint density at radius 1 is 1.13 bits per heavy atom. The average Bonchev–Trinajstić information content (AvgIpc) is 2.76. The van der Waals surface area contributed by atoms with Crippen LogP contribution in [0.2, 0.25) is 0 Å².